The van der Waals surface area contributed by atoms with Gasteiger partial charge in [0.2, 0.25) is 5.89 Å². The summed E-state index contributed by atoms with van der Waals surface area (Å²) >= 11 is 0. The molecule has 214 valence electrons. The minimum atomic E-state index is -4.64. The number of aryl methyl sites for hydroxylation is 1. The fourth-order valence-corrected chi connectivity index (χ4v) is 4.45. The maximum Gasteiger partial charge on any atom is 0.420 e. The maximum absolute atomic E-state index is 14.2. The molecule has 41 heavy (non-hydrogen) atoms. The van der Waals surface area contributed by atoms with E-state index in [-0.39, 0.29) is 23.5 Å². The fourth-order valence-electron chi connectivity index (χ4n) is 4.45. The van der Waals surface area contributed by atoms with Gasteiger partial charge in [0.15, 0.2) is 11.4 Å². The third kappa shape index (κ3) is 6.45. The van der Waals surface area contributed by atoms with Crippen LogP contribution >= 0.6 is 0 Å². The highest BCUT2D eigenvalue weighted by Crippen LogP contribution is 2.39. The Kier molecular flexibility index (Phi) is 8.43. The number of nitrogens with zero attached hydrogens (tertiary/aromatic N) is 4. The molecule has 0 aliphatic carbocycles. The second-order valence-electron chi connectivity index (χ2n) is 9.33. The smallest absolute Gasteiger partial charge is 0.420 e. The van der Waals surface area contributed by atoms with Gasteiger partial charge < -0.3 is 23.8 Å². The maximum atomic E-state index is 14.2. The van der Waals surface area contributed by atoms with Crippen molar-refractivity contribution < 1.29 is 31.5 Å². The zero-order valence-corrected chi connectivity index (χ0v) is 22.3. The largest absolute Gasteiger partial charge is 0.435 e. The van der Waals surface area contributed by atoms with Gasteiger partial charge in [-0.1, -0.05) is 18.2 Å². The second-order valence-corrected chi connectivity index (χ2v) is 9.33. The van der Waals surface area contributed by atoms with Crippen LogP contribution < -0.4 is 5.32 Å². The van der Waals surface area contributed by atoms with E-state index in [1.165, 1.54) is 18.5 Å². The van der Waals surface area contributed by atoms with Gasteiger partial charge in [0.1, 0.15) is 23.2 Å². The topological polar surface area (TPSA) is 87.2 Å². The number of halogens is 4. The molecule has 2 aromatic heterocycles. The zero-order valence-electron chi connectivity index (χ0n) is 22.3. The van der Waals surface area contributed by atoms with E-state index in [2.05, 4.69) is 20.5 Å². The summed E-state index contributed by atoms with van der Waals surface area (Å²) in [5.41, 5.74) is 1.58. The molecular weight excluding hydrogens is 542 g/mol. The van der Waals surface area contributed by atoms with Crippen LogP contribution in [0.25, 0.3) is 45.1 Å². The first kappa shape index (κ1) is 28.4. The summed E-state index contributed by atoms with van der Waals surface area (Å²) in [5, 5.41) is 11.1. The van der Waals surface area contributed by atoms with Crippen LogP contribution in [0.15, 0.2) is 65.3 Å². The summed E-state index contributed by atoms with van der Waals surface area (Å²) in [6.45, 7) is 1.96. The van der Waals surface area contributed by atoms with E-state index < -0.39 is 17.6 Å². The Hall–Kier alpha value is -4.13. The number of nitrogens with one attached hydrogen (secondary N) is 1. The average molecular weight is 570 g/mol. The van der Waals surface area contributed by atoms with Gasteiger partial charge in [-0.2, -0.15) is 13.2 Å². The van der Waals surface area contributed by atoms with Crippen LogP contribution in [0.4, 0.5) is 17.6 Å². The highest BCUT2D eigenvalue weighted by atomic mass is 19.4. The van der Waals surface area contributed by atoms with Crippen LogP contribution in [0, 0.1) is 5.82 Å². The molecule has 12 heteroatoms. The number of alkyl halides is 3. The SMILES string of the molecule is COCCOCCNCc1cc(C(F)(F)F)c2oc(-c3cccc(-c4ccc(F)cc4-c4nncn4C)c3)nc2c1. The van der Waals surface area contributed by atoms with Gasteiger partial charge >= 0.3 is 6.18 Å². The van der Waals surface area contributed by atoms with E-state index in [1.807, 2.05) is 6.07 Å². The summed E-state index contributed by atoms with van der Waals surface area (Å²) in [5.74, 6) is 0.0565. The number of ether oxygens (including phenoxy) is 2. The van der Waals surface area contributed by atoms with Crippen molar-refractivity contribution in [2.45, 2.75) is 12.7 Å². The summed E-state index contributed by atoms with van der Waals surface area (Å²) in [6, 6.07) is 13.9. The Morgan fingerprint density at radius 3 is 2.56 bits per heavy atom. The molecule has 0 aliphatic rings. The molecule has 0 fully saturated rings. The molecule has 0 atom stereocenters. The van der Waals surface area contributed by atoms with Crippen molar-refractivity contribution in [2.24, 2.45) is 7.05 Å². The molecule has 5 rings (SSSR count). The minimum Gasteiger partial charge on any atom is -0.435 e. The minimum absolute atomic E-state index is 0.0336. The predicted molar refractivity (Wildman–Crippen MR) is 144 cm³/mol. The number of fused-ring (bicyclic) bond motifs is 1. The molecule has 0 saturated heterocycles. The van der Waals surface area contributed by atoms with Crippen LogP contribution in [0.5, 0.6) is 0 Å². The van der Waals surface area contributed by atoms with E-state index in [0.29, 0.717) is 60.0 Å². The first-order chi connectivity index (χ1) is 19.7. The van der Waals surface area contributed by atoms with Crippen molar-refractivity contribution in [2.75, 3.05) is 33.5 Å². The monoisotopic (exact) mass is 569 g/mol. The quantitative estimate of drug-likeness (QED) is 0.157. The van der Waals surface area contributed by atoms with Crippen molar-refractivity contribution in [3.05, 3.63) is 77.9 Å². The van der Waals surface area contributed by atoms with Crippen molar-refractivity contribution in [3.8, 4) is 34.0 Å². The number of benzene rings is 3. The molecule has 0 amide bonds. The highest BCUT2D eigenvalue weighted by molar-refractivity contribution is 5.84. The number of oxazole rings is 1. The molecule has 1 N–H and O–H groups in total. The standard InChI is InChI=1S/C29H27F4N5O3/c1-38-17-35-37-27(38)23-15-21(30)6-7-22(23)19-4-3-5-20(14-19)28-36-25-13-18(16-34-8-9-40-11-10-39-2)12-24(26(25)41-28)29(31,32)33/h3-7,12-15,17,34H,8-11,16H2,1-2H3. The number of rotatable bonds is 11. The van der Waals surface area contributed by atoms with Gasteiger partial charge in [-0.25, -0.2) is 9.37 Å². The zero-order chi connectivity index (χ0) is 29.0. The predicted octanol–water partition coefficient (Wildman–Crippen LogP) is 5.87. The second kappa shape index (κ2) is 12.2. The molecule has 0 saturated carbocycles. The Labute approximate surface area is 232 Å². The molecular formula is C29H27F4N5O3. The molecule has 3 aromatic carbocycles. The van der Waals surface area contributed by atoms with E-state index in [4.69, 9.17) is 13.9 Å². The summed E-state index contributed by atoms with van der Waals surface area (Å²) in [7, 11) is 3.32. The lowest BCUT2D eigenvalue weighted by atomic mass is 9.97. The third-order valence-electron chi connectivity index (χ3n) is 6.39. The van der Waals surface area contributed by atoms with Gasteiger partial charge in [0.25, 0.3) is 0 Å². The van der Waals surface area contributed by atoms with E-state index >= 15 is 0 Å². The van der Waals surface area contributed by atoms with Crippen molar-refractivity contribution in [1.82, 2.24) is 25.1 Å². The molecule has 0 unspecified atom stereocenters. The van der Waals surface area contributed by atoms with Gasteiger partial charge in [0.05, 0.1) is 19.8 Å². The average Bonchev–Trinajstić information content (AvgIpc) is 3.57. The van der Waals surface area contributed by atoms with Crippen LogP contribution in [0.3, 0.4) is 0 Å². The molecule has 0 radical (unpaired) electrons. The summed E-state index contributed by atoms with van der Waals surface area (Å²) in [4.78, 5) is 4.41. The Balaban J connectivity index is 1.46. The lowest BCUT2D eigenvalue weighted by Gasteiger charge is -2.11. The lowest BCUT2D eigenvalue weighted by Crippen LogP contribution is -2.20. The van der Waals surface area contributed by atoms with Crippen molar-refractivity contribution in [3.63, 3.8) is 0 Å². The first-order valence-corrected chi connectivity index (χ1v) is 12.8. The number of hydrogen-bond donors (Lipinski definition) is 1. The van der Waals surface area contributed by atoms with Crippen LogP contribution in [-0.4, -0.2) is 53.2 Å². The van der Waals surface area contributed by atoms with E-state index in [0.717, 1.165) is 6.07 Å². The van der Waals surface area contributed by atoms with Crippen LogP contribution in [-0.2, 0) is 29.2 Å². The van der Waals surface area contributed by atoms with Crippen LogP contribution in [0.1, 0.15) is 11.1 Å². The summed E-state index contributed by atoms with van der Waals surface area (Å²) in [6.07, 6.45) is -3.13. The fraction of sp³-hybridized carbons (Fsp3) is 0.276. The normalized spacial score (nSPS) is 12.0. The lowest BCUT2D eigenvalue weighted by molar-refractivity contribution is -0.136. The molecule has 2 heterocycles. The van der Waals surface area contributed by atoms with E-state index in [1.54, 1.807) is 49.1 Å². The van der Waals surface area contributed by atoms with E-state index in [9.17, 15) is 17.6 Å². The number of hydrogen-bond acceptors (Lipinski definition) is 7. The molecule has 0 bridgehead atoms. The Bertz CT molecular complexity index is 1650. The van der Waals surface area contributed by atoms with Crippen molar-refractivity contribution in [1.29, 1.82) is 0 Å². The van der Waals surface area contributed by atoms with Crippen molar-refractivity contribution >= 4 is 11.1 Å². The summed E-state index contributed by atoms with van der Waals surface area (Å²) < 4.78 is 73.9. The van der Waals surface area contributed by atoms with Gasteiger partial charge in [0, 0.05) is 38.4 Å². The Morgan fingerprint density at radius 1 is 0.976 bits per heavy atom. The third-order valence-corrected chi connectivity index (χ3v) is 6.39. The van der Waals surface area contributed by atoms with Gasteiger partial charge in [-0.05, 0) is 53.1 Å². The number of methoxy groups -OCH3 is 1. The Morgan fingerprint density at radius 2 is 1.80 bits per heavy atom. The van der Waals surface area contributed by atoms with Crippen LogP contribution in [0.2, 0.25) is 0 Å². The van der Waals surface area contributed by atoms with Gasteiger partial charge in [-0.3, -0.25) is 0 Å². The molecule has 0 aliphatic heterocycles. The molecule has 5 aromatic rings. The molecule has 0 spiro atoms. The molecule has 8 nitrogen and oxygen atoms in total. The highest BCUT2D eigenvalue weighted by Gasteiger charge is 2.35. The van der Waals surface area contributed by atoms with Gasteiger partial charge in [-0.15, -0.1) is 10.2 Å². The first-order valence-electron chi connectivity index (χ1n) is 12.8. The number of aromatic nitrogens is 4.